The summed E-state index contributed by atoms with van der Waals surface area (Å²) in [6.45, 7) is 0. The van der Waals surface area contributed by atoms with Crippen LogP contribution in [0.2, 0.25) is 0 Å². The van der Waals surface area contributed by atoms with Crippen LogP contribution in [0.1, 0.15) is 0 Å². The van der Waals surface area contributed by atoms with E-state index in [-0.39, 0.29) is 0 Å². The van der Waals surface area contributed by atoms with Gasteiger partial charge >= 0.3 is 0 Å². The molecular formula is C56H37NO. The van der Waals surface area contributed by atoms with E-state index in [9.17, 15) is 0 Å². The van der Waals surface area contributed by atoms with Crippen molar-refractivity contribution in [1.29, 1.82) is 0 Å². The van der Waals surface area contributed by atoms with Crippen LogP contribution < -0.4 is 4.90 Å². The van der Waals surface area contributed by atoms with Gasteiger partial charge in [0, 0.05) is 27.7 Å². The lowest BCUT2D eigenvalue weighted by atomic mass is 9.95. The first-order valence-corrected chi connectivity index (χ1v) is 19.8. The van der Waals surface area contributed by atoms with Gasteiger partial charge < -0.3 is 9.32 Å². The molecule has 0 aliphatic heterocycles. The van der Waals surface area contributed by atoms with Crippen LogP contribution >= 0.6 is 0 Å². The molecule has 10 aromatic carbocycles. The van der Waals surface area contributed by atoms with E-state index < -0.39 is 0 Å². The van der Waals surface area contributed by atoms with Crippen molar-refractivity contribution in [3.63, 3.8) is 0 Å². The van der Waals surface area contributed by atoms with E-state index in [4.69, 9.17) is 4.42 Å². The monoisotopic (exact) mass is 739 g/mol. The molecule has 0 radical (unpaired) electrons. The Balaban J connectivity index is 1.02. The Morgan fingerprint density at radius 1 is 0.293 bits per heavy atom. The van der Waals surface area contributed by atoms with Gasteiger partial charge in [-0.15, -0.1) is 0 Å². The third-order valence-corrected chi connectivity index (χ3v) is 11.5. The van der Waals surface area contributed by atoms with E-state index in [1.54, 1.807) is 0 Å². The number of anilines is 3. The van der Waals surface area contributed by atoms with E-state index in [0.717, 1.165) is 50.1 Å². The number of para-hydroxylation sites is 1. The Hall–Kier alpha value is -7.68. The highest BCUT2D eigenvalue weighted by Crippen LogP contribution is 2.44. The van der Waals surface area contributed by atoms with Crippen LogP contribution in [0.15, 0.2) is 229 Å². The van der Waals surface area contributed by atoms with Gasteiger partial charge in [0.05, 0.1) is 5.69 Å². The molecule has 0 N–H and O–H groups in total. The molecule has 58 heavy (non-hydrogen) atoms. The Labute approximate surface area is 337 Å². The van der Waals surface area contributed by atoms with Crippen molar-refractivity contribution in [3.8, 4) is 44.5 Å². The average molecular weight is 740 g/mol. The molecule has 0 fully saturated rings. The zero-order chi connectivity index (χ0) is 38.4. The lowest BCUT2D eigenvalue weighted by Crippen LogP contribution is -2.11. The van der Waals surface area contributed by atoms with E-state index in [1.807, 2.05) is 0 Å². The van der Waals surface area contributed by atoms with Gasteiger partial charge in [0.25, 0.3) is 0 Å². The average Bonchev–Trinajstić information content (AvgIpc) is 3.69. The minimum Gasteiger partial charge on any atom is -0.456 e. The highest BCUT2D eigenvalue weighted by molar-refractivity contribution is 6.19. The molecule has 0 saturated carbocycles. The molecule has 272 valence electrons. The van der Waals surface area contributed by atoms with Crippen molar-refractivity contribution in [1.82, 2.24) is 0 Å². The molecular weight excluding hydrogens is 703 g/mol. The predicted octanol–water partition coefficient (Wildman–Crippen LogP) is 16.0. The molecule has 2 nitrogen and oxygen atoms in total. The largest absolute Gasteiger partial charge is 0.456 e. The SMILES string of the molecule is c1ccc(-c2ccc(N(c3ccc(-c4cccc(-c5cccc6ccccc56)c4)cc3)c3ccccc3-c3ccc4c(c3)oc3ccc5ccccc5c34)cc2)cc1. The maximum atomic E-state index is 6.55. The summed E-state index contributed by atoms with van der Waals surface area (Å²) < 4.78 is 6.55. The fourth-order valence-electron chi connectivity index (χ4n) is 8.63. The third-order valence-electron chi connectivity index (χ3n) is 11.5. The highest BCUT2D eigenvalue weighted by atomic mass is 16.3. The fraction of sp³-hybridized carbons (Fsp3) is 0. The van der Waals surface area contributed by atoms with Gasteiger partial charge in [-0.2, -0.15) is 0 Å². The van der Waals surface area contributed by atoms with Gasteiger partial charge in [-0.1, -0.05) is 170 Å². The molecule has 0 aliphatic rings. The van der Waals surface area contributed by atoms with E-state index in [2.05, 4.69) is 229 Å². The van der Waals surface area contributed by atoms with Crippen LogP contribution in [0.3, 0.4) is 0 Å². The fourth-order valence-corrected chi connectivity index (χ4v) is 8.63. The molecule has 0 amide bonds. The number of furan rings is 1. The lowest BCUT2D eigenvalue weighted by molar-refractivity contribution is 0.669. The summed E-state index contributed by atoms with van der Waals surface area (Å²) >= 11 is 0. The second kappa shape index (κ2) is 14.1. The zero-order valence-corrected chi connectivity index (χ0v) is 31.7. The Morgan fingerprint density at radius 3 is 1.62 bits per heavy atom. The van der Waals surface area contributed by atoms with Crippen LogP contribution in [0, 0.1) is 0 Å². The summed E-state index contributed by atoms with van der Waals surface area (Å²) in [5.41, 5.74) is 14.4. The molecule has 11 rings (SSSR count). The van der Waals surface area contributed by atoms with Gasteiger partial charge in [0.15, 0.2) is 0 Å². The first kappa shape index (κ1) is 33.6. The third kappa shape index (κ3) is 5.91. The Bertz CT molecular complexity index is 3260. The molecule has 2 heteroatoms. The summed E-state index contributed by atoms with van der Waals surface area (Å²) in [6, 6.07) is 80.6. The van der Waals surface area contributed by atoms with Crippen LogP contribution in [-0.2, 0) is 0 Å². The smallest absolute Gasteiger partial charge is 0.136 e. The van der Waals surface area contributed by atoms with Crippen LogP contribution in [0.4, 0.5) is 17.1 Å². The molecule has 1 heterocycles. The van der Waals surface area contributed by atoms with Crippen molar-refractivity contribution >= 4 is 60.5 Å². The van der Waals surface area contributed by atoms with Crippen molar-refractivity contribution in [3.05, 3.63) is 224 Å². The number of rotatable bonds is 7. The quantitative estimate of drug-likeness (QED) is 0.162. The highest BCUT2D eigenvalue weighted by Gasteiger charge is 2.19. The van der Waals surface area contributed by atoms with Gasteiger partial charge in [-0.05, 0) is 115 Å². The van der Waals surface area contributed by atoms with Crippen molar-refractivity contribution < 1.29 is 4.42 Å². The zero-order valence-electron chi connectivity index (χ0n) is 31.7. The lowest BCUT2D eigenvalue weighted by Gasteiger charge is -2.28. The molecule has 11 aromatic rings. The second-order valence-electron chi connectivity index (χ2n) is 14.9. The molecule has 1 aromatic heterocycles. The second-order valence-corrected chi connectivity index (χ2v) is 14.9. The summed E-state index contributed by atoms with van der Waals surface area (Å²) in [6.07, 6.45) is 0. The van der Waals surface area contributed by atoms with Gasteiger partial charge in [-0.3, -0.25) is 0 Å². The molecule has 0 unspecified atom stereocenters. The summed E-state index contributed by atoms with van der Waals surface area (Å²) in [7, 11) is 0. The summed E-state index contributed by atoms with van der Waals surface area (Å²) in [4.78, 5) is 2.37. The van der Waals surface area contributed by atoms with Crippen molar-refractivity contribution in [2.24, 2.45) is 0 Å². The number of benzene rings is 10. The number of hydrogen-bond donors (Lipinski definition) is 0. The van der Waals surface area contributed by atoms with Crippen LogP contribution in [0.25, 0.3) is 88.0 Å². The predicted molar refractivity (Wildman–Crippen MR) is 245 cm³/mol. The van der Waals surface area contributed by atoms with E-state index >= 15 is 0 Å². The topological polar surface area (TPSA) is 16.4 Å². The molecule has 0 bridgehead atoms. The summed E-state index contributed by atoms with van der Waals surface area (Å²) in [5, 5.41) is 7.22. The van der Waals surface area contributed by atoms with E-state index in [0.29, 0.717) is 0 Å². The first-order valence-electron chi connectivity index (χ1n) is 19.8. The standard InChI is InChI=1S/C56H37NO/c1-2-12-38(13-3-1)39-24-30-46(31-25-39)57(47-32-26-40(27-33-47)43-17-10-18-44(36-43)49-22-11-16-41-14-4-6-19-48(41)49)53-23-9-8-20-50(53)45-28-34-52-55(37-45)58-54-35-29-42-15-5-7-21-51(42)56(52)54/h1-37H. The molecule has 0 aliphatic carbocycles. The van der Waals surface area contributed by atoms with Crippen molar-refractivity contribution in [2.75, 3.05) is 4.90 Å². The molecule has 0 atom stereocenters. The number of nitrogens with zero attached hydrogens (tertiary/aromatic N) is 1. The van der Waals surface area contributed by atoms with Crippen molar-refractivity contribution in [2.45, 2.75) is 0 Å². The van der Waals surface area contributed by atoms with E-state index in [1.165, 1.54) is 54.9 Å². The normalized spacial score (nSPS) is 11.4. The van der Waals surface area contributed by atoms with Crippen LogP contribution in [0.5, 0.6) is 0 Å². The minimum atomic E-state index is 0.882. The number of hydrogen-bond acceptors (Lipinski definition) is 2. The minimum absolute atomic E-state index is 0.882. The summed E-state index contributed by atoms with van der Waals surface area (Å²) in [5.74, 6) is 0. The first-order chi connectivity index (χ1) is 28.7. The Morgan fingerprint density at radius 2 is 0.828 bits per heavy atom. The van der Waals surface area contributed by atoms with Gasteiger partial charge in [-0.25, -0.2) is 0 Å². The molecule has 0 saturated heterocycles. The van der Waals surface area contributed by atoms with Gasteiger partial charge in [0.1, 0.15) is 11.2 Å². The Kier molecular flexibility index (Phi) is 8.19. The maximum absolute atomic E-state index is 6.55. The number of fused-ring (bicyclic) bond motifs is 6. The van der Waals surface area contributed by atoms with Gasteiger partial charge in [0.2, 0.25) is 0 Å². The maximum Gasteiger partial charge on any atom is 0.136 e. The molecule has 0 spiro atoms. The van der Waals surface area contributed by atoms with Crippen LogP contribution in [-0.4, -0.2) is 0 Å².